The van der Waals surface area contributed by atoms with Crippen LogP contribution >= 0.6 is 23.4 Å². The lowest BCUT2D eigenvalue weighted by molar-refractivity contribution is 0.102. The molecule has 1 N–H and O–H groups in total. The van der Waals surface area contributed by atoms with Crippen molar-refractivity contribution in [2.45, 2.75) is 31.7 Å². The Labute approximate surface area is 195 Å². The van der Waals surface area contributed by atoms with Gasteiger partial charge in [-0.05, 0) is 57.2 Å². The van der Waals surface area contributed by atoms with Crippen molar-refractivity contribution in [3.8, 4) is 5.69 Å². The molecule has 0 aliphatic heterocycles. The largest absolute Gasteiger partial charge is 0.320 e. The molecule has 0 bridgehead atoms. The zero-order valence-corrected chi connectivity index (χ0v) is 19.4. The number of halogens is 1. The van der Waals surface area contributed by atoms with Gasteiger partial charge in [0.15, 0.2) is 10.9 Å². The summed E-state index contributed by atoms with van der Waals surface area (Å²) in [5, 5.41) is 12.5. The van der Waals surface area contributed by atoms with Crippen LogP contribution in [0, 0.1) is 20.8 Å². The van der Waals surface area contributed by atoms with Crippen LogP contribution in [0.5, 0.6) is 0 Å². The average Bonchev–Trinajstić information content (AvgIpc) is 3.16. The van der Waals surface area contributed by atoms with Crippen molar-refractivity contribution in [1.82, 2.24) is 25.0 Å². The van der Waals surface area contributed by atoms with Crippen LogP contribution in [-0.4, -0.2) is 30.9 Å². The summed E-state index contributed by atoms with van der Waals surface area (Å²) >= 11 is 7.48. The first-order chi connectivity index (χ1) is 15.4. The minimum Gasteiger partial charge on any atom is -0.320 e. The van der Waals surface area contributed by atoms with Crippen LogP contribution in [0.4, 0.5) is 5.69 Å². The topological polar surface area (TPSA) is 85.6 Å². The van der Waals surface area contributed by atoms with Crippen LogP contribution in [0.1, 0.15) is 33.1 Å². The Balaban J connectivity index is 1.67. The van der Waals surface area contributed by atoms with Gasteiger partial charge in [-0.2, -0.15) is 0 Å². The van der Waals surface area contributed by atoms with E-state index in [1.54, 1.807) is 28.9 Å². The molecule has 0 spiro atoms. The summed E-state index contributed by atoms with van der Waals surface area (Å²) in [4.78, 5) is 22.0. The summed E-state index contributed by atoms with van der Waals surface area (Å²) in [5.74, 6) is 0.0600. The van der Waals surface area contributed by atoms with Gasteiger partial charge in [0.2, 0.25) is 0 Å². The SMILES string of the molecule is Cc1ccc(-n2nnc(C(=O)Nc3cccc(Cl)c3)c2CSc2nc(C)cc(C)n2)cc1. The molecule has 0 radical (unpaired) electrons. The number of anilines is 1. The maximum Gasteiger partial charge on any atom is 0.278 e. The van der Waals surface area contributed by atoms with Crippen molar-refractivity contribution in [1.29, 1.82) is 0 Å². The predicted molar refractivity (Wildman–Crippen MR) is 127 cm³/mol. The Hall–Kier alpha value is -3.23. The minimum absolute atomic E-state index is 0.238. The van der Waals surface area contributed by atoms with Crippen molar-refractivity contribution in [3.05, 3.63) is 88.0 Å². The molecule has 0 aliphatic carbocycles. The standard InChI is InChI=1S/C23H21ClN6OS/c1-14-7-9-19(10-8-14)30-20(13-32-23-25-15(2)11-16(3)26-23)21(28-29-30)22(31)27-18-6-4-5-17(24)12-18/h4-12H,13H2,1-3H3,(H,27,31). The first-order valence-corrected chi connectivity index (χ1v) is 11.3. The molecule has 1 amide bonds. The molecule has 0 unspecified atom stereocenters. The molecule has 0 atom stereocenters. The summed E-state index contributed by atoms with van der Waals surface area (Å²) in [6.07, 6.45) is 0. The van der Waals surface area contributed by atoms with Gasteiger partial charge in [0.25, 0.3) is 5.91 Å². The first-order valence-electron chi connectivity index (χ1n) is 9.92. The van der Waals surface area contributed by atoms with Crippen molar-refractivity contribution < 1.29 is 4.79 Å². The number of benzene rings is 2. The number of nitrogens with zero attached hydrogens (tertiary/aromatic N) is 5. The Bertz CT molecular complexity index is 1250. The molecule has 0 fully saturated rings. The van der Waals surface area contributed by atoms with Crippen LogP contribution in [0.2, 0.25) is 5.02 Å². The molecule has 2 aromatic heterocycles. The highest BCUT2D eigenvalue weighted by molar-refractivity contribution is 7.98. The zero-order chi connectivity index (χ0) is 22.7. The average molecular weight is 465 g/mol. The number of thioether (sulfide) groups is 1. The first kappa shape index (κ1) is 22.0. The molecule has 162 valence electrons. The van der Waals surface area contributed by atoms with E-state index in [4.69, 9.17) is 11.6 Å². The van der Waals surface area contributed by atoms with E-state index < -0.39 is 0 Å². The fraction of sp³-hybridized carbons (Fsp3) is 0.174. The minimum atomic E-state index is -0.359. The third-order valence-corrected chi connectivity index (χ3v) is 5.73. The van der Waals surface area contributed by atoms with Crippen LogP contribution in [0.25, 0.3) is 5.69 Å². The number of rotatable bonds is 6. The van der Waals surface area contributed by atoms with Crippen molar-refractivity contribution in [3.63, 3.8) is 0 Å². The molecule has 2 heterocycles. The molecule has 4 rings (SSSR count). The molecule has 7 nitrogen and oxygen atoms in total. The summed E-state index contributed by atoms with van der Waals surface area (Å²) < 4.78 is 1.68. The van der Waals surface area contributed by atoms with E-state index in [0.717, 1.165) is 22.6 Å². The highest BCUT2D eigenvalue weighted by atomic mass is 35.5. The van der Waals surface area contributed by atoms with Gasteiger partial charge in [0, 0.05) is 27.9 Å². The Morgan fingerprint density at radius 1 is 1.03 bits per heavy atom. The van der Waals surface area contributed by atoms with Crippen LogP contribution in [-0.2, 0) is 5.75 Å². The monoisotopic (exact) mass is 464 g/mol. The van der Waals surface area contributed by atoms with E-state index in [-0.39, 0.29) is 11.6 Å². The molecular formula is C23H21ClN6OS. The predicted octanol–water partition coefficient (Wildman–Crippen LogP) is 5.18. The Morgan fingerprint density at radius 2 is 1.75 bits per heavy atom. The number of nitrogens with one attached hydrogen (secondary N) is 1. The van der Waals surface area contributed by atoms with Gasteiger partial charge in [-0.1, -0.05) is 52.3 Å². The molecule has 9 heteroatoms. The van der Waals surface area contributed by atoms with Gasteiger partial charge in [0.05, 0.1) is 11.4 Å². The molecule has 0 aliphatic rings. The van der Waals surface area contributed by atoms with E-state index in [1.807, 2.05) is 51.1 Å². The van der Waals surface area contributed by atoms with Gasteiger partial charge in [-0.3, -0.25) is 4.79 Å². The van der Waals surface area contributed by atoms with Gasteiger partial charge >= 0.3 is 0 Å². The molecule has 32 heavy (non-hydrogen) atoms. The summed E-state index contributed by atoms with van der Waals surface area (Å²) in [7, 11) is 0. The van der Waals surface area contributed by atoms with Crippen molar-refractivity contribution >= 4 is 35.0 Å². The lowest BCUT2D eigenvalue weighted by Crippen LogP contribution is -2.15. The van der Waals surface area contributed by atoms with Crippen molar-refractivity contribution in [2.75, 3.05) is 5.32 Å². The summed E-state index contributed by atoms with van der Waals surface area (Å²) in [6, 6.07) is 16.8. The summed E-state index contributed by atoms with van der Waals surface area (Å²) in [6.45, 7) is 5.88. The number of carbonyl (C=O) groups excluding carboxylic acids is 1. The molecule has 0 saturated heterocycles. The van der Waals surface area contributed by atoms with E-state index >= 15 is 0 Å². The summed E-state index contributed by atoms with van der Waals surface area (Å²) in [5.41, 5.74) is 5.22. The number of hydrogen-bond acceptors (Lipinski definition) is 6. The maximum absolute atomic E-state index is 13.1. The smallest absolute Gasteiger partial charge is 0.278 e. The molecule has 4 aromatic rings. The second-order valence-electron chi connectivity index (χ2n) is 7.32. The second-order valence-corrected chi connectivity index (χ2v) is 8.70. The van der Waals surface area contributed by atoms with Gasteiger partial charge < -0.3 is 5.32 Å². The third kappa shape index (κ3) is 5.15. The van der Waals surface area contributed by atoms with E-state index in [1.165, 1.54) is 11.8 Å². The highest BCUT2D eigenvalue weighted by Gasteiger charge is 2.22. The third-order valence-electron chi connectivity index (χ3n) is 4.64. The fourth-order valence-electron chi connectivity index (χ4n) is 3.15. The lowest BCUT2D eigenvalue weighted by atomic mass is 10.2. The number of hydrogen-bond donors (Lipinski definition) is 1. The lowest BCUT2D eigenvalue weighted by Gasteiger charge is -2.09. The Morgan fingerprint density at radius 3 is 2.44 bits per heavy atom. The van der Waals surface area contributed by atoms with E-state index in [9.17, 15) is 4.79 Å². The number of aryl methyl sites for hydroxylation is 3. The maximum atomic E-state index is 13.1. The van der Waals surface area contributed by atoms with E-state index in [2.05, 4.69) is 25.6 Å². The quantitative estimate of drug-likeness (QED) is 0.312. The van der Waals surface area contributed by atoms with Crippen LogP contribution < -0.4 is 5.32 Å². The molecular weight excluding hydrogens is 444 g/mol. The molecule has 0 saturated carbocycles. The van der Waals surface area contributed by atoms with Gasteiger partial charge in [-0.25, -0.2) is 14.6 Å². The van der Waals surface area contributed by atoms with Crippen LogP contribution in [0.3, 0.4) is 0 Å². The van der Waals surface area contributed by atoms with Crippen molar-refractivity contribution in [2.24, 2.45) is 0 Å². The van der Waals surface area contributed by atoms with Gasteiger partial charge in [-0.15, -0.1) is 5.10 Å². The molecule has 2 aromatic carbocycles. The normalized spacial score (nSPS) is 10.9. The fourth-order valence-corrected chi connectivity index (χ4v) is 4.28. The second kappa shape index (κ2) is 9.50. The Kier molecular flexibility index (Phi) is 6.53. The number of aromatic nitrogens is 5. The van der Waals surface area contributed by atoms with Crippen LogP contribution in [0.15, 0.2) is 59.8 Å². The highest BCUT2D eigenvalue weighted by Crippen LogP contribution is 2.25. The van der Waals surface area contributed by atoms with E-state index in [0.29, 0.717) is 27.3 Å². The number of amides is 1. The zero-order valence-electron chi connectivity index (χ0n) is 17.8. The van der Waals surface area contributed by atoms with Gasteiger partial charge in [0.1, 0.15) is 0 Å². The number of carbonyl (C=O) groups is 1.